The van der Waals surface area contributed by atoms with Gasteiger partial charge in [0.05, 0.1) is 6.54 Å². The molecule has 1 atom stereocenters. The number of pyridine rings is 1. The van der Waals surface area contributed by atoms with Crippen LogP contribution in [0.5, 0.6) is 0 Å². The van der Waals surface area contributed by atoms with Crippen LogP contribution in [0.1, 0.15) is 58.4 Å². The van der Waals surface area contributed by atoms with Gasteiger partial charge in [0.2, 0.25) is 0 Å². The molecule has 2 rings (SSSR count). The maximum absolute atomic E-state index is 4.72. The summed E-state index contributed by atoms with van der Waals surface area (Å²) in [5.74, 6) is 1.99. The first-order chi connectivity index (χ1) is 11.7. The average Bonchev–Trinajstić information content (AvgIpc) is 2.89. The van der Waals surface area contributed by atoms with Crippen molar-refractivity contribution in [2.45, 2.75) is 65.5 Å². The summed E-state index contributed by atoms with van der Waals surface area (Å²) in [6, 6.07) is 4.69. The highest BCUT2D eigenvalue weighted by Gasteiger charge is 2.11. The minimum atomic E-state index is 0.424. The van der Waals surface area contributed by atoms with E-state index in [1.807, 2.05) is 6.20 Å². The predicted octanol–water partition coefficient (Wildman–Crippen LogP) is 3.32. The first kappa shape index (κ1) is 18.6. The number of hydrogen-bond acceptors (Lipinski definition) is 3. The Labute approximate surface area is 147 Å². The van der Waals surface area contributed by atoms with E-state index in [0.29, 0.717) is 12.6 Å². The summed E-state index contributed by atoms with van der Waals surface area (Å²) in [7, 11) is 0. The van der Waals surface area contributed by atoms with E-state index in [0.717, 1.165) is 37.8 Å². The second-order valence-electron chi connectivity index (χ2n) is 6.57. The number of nitrogens with zero attached hydrogens (tertiary/aromatic N) is 3. The molecule has 1 saturated heterocycles. The summed E-state index contributed by atoms with van der Waals surface area (Å²) in [5.41, 5.74) is 1.21. The third-order valence-electron chi connectivity index (χ3n) is 4.50. The molecular formula is C19H33N5. The number of guanidine groups is 1. The van der Waals surface area contributed by atoms with Gasteiger partial charge in [-0.2, -0.15) is 0 Å². The lowest BCUT2D eigenvalue weighted by atomic mass is 10.2. The molecule has 134 valence electrons. The number of aliphatic imine (C=N–C) groups is 1. The first-order valence-electron chi connectivity index (χ1n) is 9.47. The fraction of sp³-hybridized carbons (Fsp3) is 0.684. The number of rotatable bonds is 6. The van der Waals surface area contributed by atoms with Crippen LogP contribution < -0.4 is 15.5 Å². The smallest absolute Gasteiger partial charge is 0.191 e. The Bertz CT molecular complexity index is 506. The molecule has 1 aromatic heterocycles. The highest BCUT2D eigenvalue weighted by Crippen LogP contribution is 2.18. The quantitative estimate of drug-likeness (QED) is 0.620. The predicted molar refractivity (Wildman–Crippen MR) is 103 cm³/mol. The lowest BCUT2D eigenvalue weighted by molar-refractivity contribution is 0.624. The van der Waals surface area contributed by atoms with Gasteiger partial charge < -0.3 is 15.5 Å². The molecule has 1 fully saturated rings. The highest BCUT2D eigenvalue weighted by molar-refractivity contribution is 5.80. The second-order valence-corrected chi connectivity index (χ2v) is 6.57. The van der Waals surface area contributed by atoms with E-state index >= 15 is 0 Å². The Morgan fingerprint density at radius 2 is 2.00 bits per heavy atom. The molecule has 1 aliphatic heterocycles. The van der Waals surface area contributed by atoms with E-state index in [-0.39, 0.29) is 0 Å². The summed E-state index contributed by atoms with van der Waals surface area (Å²) < 4.78 is 0. The van der Waals surface area contributed by atoms with Crippen LogP contribution in [0.15, 0.2) is 23.3 Å². The lowest BCUT2D eigenvalue weighted by Gasteiger charge is -2.21. The van der Waals surface area contributed by atoms with Gasteiger partial charge in [-0.15, -0.1) is 0 Å². The topological polar surface area (TPSA) is 52.6 Å². The molecule has 24 heavy (non-hydrogen) atoms. The van der Waals surface area contributed by atoms with Crippen LogP contribution in [0.4, 0.5) is 5.82 Å². The van der Waals surface area contributed by atoms with Crippen LogP contribution in [0.25, 0.3) is 0 Å². The zero-order chi connectivity index (χ0) is 17.2. The largest absolute Gasteiger partial charge is 0.357 e. The van der Waals surface area contributed by atoms with Crippen molar-refractivity contribution in [3.05, 3.63) is 23.9 Å². The van der Waals surface area contributed by atoms with Crippen LogP contribution in [0, 0.1) is 0 Å². The molecule has 0 aliphatic carbocycles. The van der Waals surface area contributed by atoms with Crippen LogP contribution in [0.3, 0.4) is 0 Å². The molecule has 0 saturated carbocycles. The summed E-state index contributed by atoms with van der Waals surface area (Å²) in [4.78, 5) is 11.7. The fourth-order valence-corrected chi connectivity index (χ4v) is 2.86. The molecule has 1 unspecified atom stereocenters. The van der Waals surface area contributed by atoms with Crippen LogP contribution in [-0.4, -0.2) is 36.6 Å². The fourth-order valence-electron chi connectivity index (χ4n) is 2.86. The molecular weight excluding hydrogens is 298 g/mol. The zero-order valence-electron chi connectivity index (χ0n) is 15.5. The number of nitrogens with one attached hydrogen (secondary N) is 2. The number of anilines is 1. The van der Waals surface area contributed by atoms with Gasteiger partial charge in [-0.25, -0.2) is 9.98 Å². The molecule has 1 aliphatic rings. The van der Waals surface area contributed by atoms with Crippen LogP contribution in [-0.2, 0) is 6.54 Å². The van der Waals surface area contributed by atoms with Gasteiger partial charge in [-0.3, -0.25) is 0 Å². The molecule has 0 spiro atoms. The second kappa shape index (κ2) is 10.2. The van der Waals surface area contributed by atoms with Gasteiger partial charge in [0.1, 0.15) is 5.82 Å². The van der Waals surface area contributed by atoms with Crippen molar-refractivity contribution in [2.75, 3.05) is 24.5 Å². The van der Waals surface area contributed by atoms with Crippen molar-refractivity contribution in [1.29, 1.82) is 0 Å². The van der Waals surface area contributed by atoms with Crippen molar-refractivity contribution in [3.63, 3.8) is 0 Å². The van der Waals surface area contributed by atoms with Crippen LogP contribution >= 0.6 is 0 Å². The Balaban J connectivity index is 2.02. The molecule has 1 aromatic rings. The summed E-state index contributed by atoms with van der Waals surface area (Å²) in [5, 5.41) is 6.75. The summed E-state index contributed by atoms with van der Waals surface area (Å²) >= 11 is 0. The molecule has 0 aromatic carbocycles. The number of aromatic nitrogens is 1. The highest BCUT2D eigenvalue weighted by atomic mass is 15.2. The molecule has 0 bridgehead atoms. The van der Waals surface area contributed by atoms with Crippen molar-refractivity contribution < 1.29 is 0 Å². The molecule has 0 radical (unpaired) electrons. The minimum Gasteiger partial charge on any atom is -0.357 e. The van der Waals surface area contributed by atoms with Gasteiger partial charge in [0.25, 0.3) is 0 Å². The SMILES string of the molecule is CCNC(=NCc1ccnc(N2CCCCCC2)c1)NC(C)CC. The van der Waals surface area contributed by atoms with Gasteiger partial charge in [-0.1, -0.05) is 19.8 Å². The lowest BCUT2D eigenvalue weighted by Crippen LogP contribution is -2.41. The molecule has 2 N–H and O–H groups in total. The average molecular weight is 332 g/mol. The Morgan fingerprint density at radius 1 is 1.25 bits per heavy atom. The van der Waals surface area contributed by atoms with E-state index in [9.17, 15) is 0 Å². The Kier molecular flexibility index (Phi) is 7.86. The van der Waals surface area contributed by atoms with Crippen molar-refractivity contribution in [2.24, 2.45) is 4.99 Å². The number of hydrogen-bond donors (Lipinski definition) is 2. The molecule has 5 nitrogen and oxygen atoms in total. The molecule has 5 heteroatoms. The van der Waals surface area contributed by atoms with E-state index in [2.05, 4.69) is 53.4 Å². The van der Waals surface area contributed by atoms with Crippen molar-refractivity contribution in [1.82, 2.24) is 15.6 Å². The van der Waals surface area contributed by atoms with E-state index in [1.54, 1.807) is 0 Å². The normalized spacial score (nSPS) is 17.3. The van der Waals surface area contributed by atoms with Gasteiger partial charge in [0.15, 0.2) is 5.96 Å². The van der Waals surface area contributed by atoms with Crippen LogP contribution in [0.2, 0.25) is 0 Å². The third-order valence-corrected chi connectivity index (χ3v) is 4.50. The minimum absolute atomic E-state index is 0.424. The maximum Gasteiger partial charge on any atom is 0.191 e. The third kappa shape index (κ3) is 6.02. The summed E-state index contributed by atoms with van der Waals surface area (Å²) in [6.07, 6.45) is 8.22. The first-order valence-corrected chi connectivity index (χ1v) is 9.47. The monoisotopic (exact) mass is 331 g/mol. The Hall–Kier alpha value is -1.78. The molecule has 0 amide bonds. The van der Waals surface area contributed by atoms with Gasteiger partial charge in [0, 0.05) is 31.9 Å². The Morgan fingerprint density at radius 3 is 2.67 bits per heavy atom. The van der Waals surface area contributed by atoms with E-state index in [1.165, 1.54) is 31.2 Å². The maximum atomic E-state index is 4.72. The van der Waals surface area contributed by atoms with Gasteiger partial charge in [-0.05, 0) is 50.8 Å². The van der Waals surface area contributed by atoms with Crippen molar-refractivity contribution >= 4 is 11.8 Å². The van der Waals surface area contributed by atoms with Crippen molar-refractivity contribution in [3.8, 4) is 0 Å². The summed E-state index contributed by atoms with van der Waals surface area (Å²) in [6.45, 7) is 10.2. The van der Waals surface area contributed by atoms with E-state index < -0.39 is 0 Å². The zero-order valence-corrected chi connectivity index (χ0v) is 15.5. The molecule has 2 heterocycles. The standard InChI is InChI=1S/C19H33N5/c1-4-16(3)23-19(20-5-2)22-15-17-10-11-21-18(14-17)24-12-8-6-7-9-13-24/h10-11,14,16H,4-9,12-13,15H2,1-3H3,(H2,20,22,23). The van der Waals surface area contributed by atoms with E-state index in [4.69, 9.17) is 4.99 Å². The van der Waals surface area contributed by atoms with Gasteiger partial charge >= 0.3 is 0 Å².